The van der Waals surface area contributed by atoms with E-state index in [-0.39, 0.29) is 23.5 Å². The molecule has 1 heterocycles. The number of nitrogens with zero attached hydrogens (tertiary/aromatic N) is 1. The number of furan rings is 1. The Kier molecular flexibility index (Phi) is 5.10. The van der Waals surface area contributed by atoms with Crippen molar-refractivity contribution >= 4 is 11.9 Å². The zero-order valence-electron chi connectivity index (χ0n) is 12.2. The average molecular weight is 316 g/mol. The fraction of sp³-hybridized carbons (Fsp3) is 0.188. The van der Waals surface area contributed by atoms with Gasteiger partial charge in [-0.1, -0.05) is 6.07 Å². The molecule has 23 heavy (non-hydrogen) atoms. The molecule has 0 spiro atoms. The molecule has 0 aliphatic heterocycles. The molecule has 0 radical (unpaired) electrons. The minimum atomic E-state index is -0.922. The molecule has 0 saturated carbocycles. The molecule has 1 atom stereocenters. The molecule has 6 nitrogen and oxygen atoms in total. The van der Waals surface area contributed by atoms with Crippen LogP contribution in [-0.2, 0) is 16.1 Å². The number of rotatable bonds is 5. The highest BCUT2D eigenvalue weighted by Gasteiger charge is 2.19. The van der Waals surface area contributed by atoms with Crippen LogP contribution in [0.3, 0.4) is 0 Å². The van der Waals surface area contributed by atoms with Crippen molar-refractivity contribution in [2.45, 2.75) is 19.6 Å². The number of ether oxygens (including phenoxy) is 1. The number of nitriles is 1. The molecule has 7 heteroatoms. The van der Waals surface area contributed by atoms with Gasteiger partial charge in [0.1, 0.15) is 18.5 Å². The van der Waals surface area contributed by atoms with Crippen LogP contribution in [0.4, 0.5) is 4.39 Å². The van der Waals surface area contributed by atoms with Crippen LogP contribution < -0.4 is 5.32 Å². The van der Waals surface area contributed by atoms with Crippen molar-refractivity contribution < 1.29 is 23.1 Å². The third-order valence-corrected chi connectivity index (χ3v) is 3.00. The first-order chi connectivity index (χ1) is 11.0. The van der Waals surface area contributed by atoms with Crippen molar-refractivity contribution in [3.05, 3.63) is 59.3 Å². The van der Waals surface area contributed by atoms with Crippen LogP contribution in [0.15, 0.2) is 41.0 Å². The van der Waals surface area contributed by atoms with E-state index in [2.05, 4.69) is 5.32 Å². The van der Waals surface area contributed by atoms with E-state index in [1.165, 1.54) is 31.4 Å². The standard InChI is InChI=1S/C16H13FN2O4/c1-10(19-15(20)14-3-2-6-22-14)16(21)23-9-12-5-4-11(8-18)7-13(12)17/h2-7,10H,9H2,1H3,(H,19,20)/t10-/m1/s1. The fourth-order valence-corrected chi connectivity index (χ4v) is 1.74. The highest BCUT2D eigenvalue weighted by Crippen LogP contribution is 2.11. The second-order valence-electron chi connectivity index (χ2n) is 4.70. The molecule has 2 aromatic rings. The summed E-state index contributed by atoms with van der Waals surface area (Å²) in [5, 5.41) is 11.1. The molecule has 0 aliphatic carbocycles. The normalized spacial score (nSPS) is 11.3. The van der Waals surface area contributed by atoms with Crippen molar-refractivity contribution in [3.63, 3.8) is 0 Å². The van der Waals surface area contributed by atoms with Gasteiger partial charge >= 0.3 is 5.97 Å². The number of hydrogen-bond donors (Lipinski definition) is 1. The molecular weight excluding hydrogens is 303 g/mol. The molecule has 0 fully saturated rings. The molecule has 1 aromatic carbocycles. The smallest absolute Gasteiger partial charge is 0.328 e. The van der Waals surface area contributed by atoms with Gasteiger partial charge in [0.05, 0.1) is 17.9 Å². The summed E-state index contributed by atoms with van der Waals surface area (Å²) in [6, 6.07) is 7.75. The lowest BCUT2D eigenvalue weighted by molar-refractivity contribution is -0.146. The summed E-state index contributed by atoms with van der Waals surface area (Å²) in [5.74, 6) is -1.83. The van der Waals surface area contributed by atoms with Gasteiger partial charge in [0.2, 0.25) is 0 Å². The maximum absolute atomic E-state index is 13.7. The number of benzene rings is 1. The number of amides is 1. The molecule has 118 valence electrons. The Morgan fingerprint density at radius 1 is 1.43 bits per heavy atom. The monoisotopic (exact) mass is 316 g/mol. The fourth-order valence-electron chi connectivity index (χ4n) is 1.74. The van der Waals surface area contributed by atoms with E-state index < -0.39 is 23.7 Å². The van der Waals surface area contributed by atoms with Crippen LogP contribution in [0.25, 0.3) is 0 Å². The first kappa shape index (κ1) is 16.2. The van der Waals surface area contributed by atoms with Crippen molar-refractivity contribution in [1.29, 1.82) is 5.26 Å². The average Bonchev–Trinajstić information content (AvgIpc) is 3.07. The summed E-state index contributed by atoms with van der Waals surface area (Å²) in [7, 11) is 0. The number of carbonyl (C=O) groups is 2. The van der Waals surface area contributed by atoms with Gasteiger partial charge in [-0.2, -0.15) is 5.26 Å². The second-order valence-corrected chi connectivity index (χ2v) is 4.70. The first-order valence-electron chi connectivity index (χ1n) is 6.71. The van der Waals surface area contributed by atoms with Crippen LogP contribution in [0, 0.1) is 17.1 Å². The molecular formula is C16H13FN2O4. The summed E-state index contributed by atoms with van der Waals surface area (Å²) in [4.78, 5) is 23.5. The Morgan fingerprint density at radius 2 is 2.22 bits per heavy atom. The van der Waals surface area contributed by atoms with Gasteiger partial charge in [-0.25, -0.2) is 9.18 Å². The maximum atomic E-state index is 13.7. The van der Waals surface area contributed by atoms with Crippen molar-refractivity contribution in [1.82, 2.24) is 5.32 Å². The van der Waals surface area contributed by atoms with Gasteiger partial charge in [-0.3, -0.25) is 4.79 Å². The van der Waals surface area contributed by atoms with Gasteiger partial charge in [-0.15, -0.1) is 0 Å². The van der Waals surface area contributed by atoms with Gasteiger partial charge in [0.25, 0.3) is 5.91 Å². The summed E-state index contributed by atoms with van der Waals surface area (Å²) < 4.78 is 23.5. The molecule has 0 bridgehead atoms. The third kappa shape index (κ3) is 4.17. The Balaban J connectivity index is 1.89. The van der Waals surface area contributed by atoms with E-state index in [0.29, 0.717) is 0 Å². The van der Waals surface area contributed by atoms with Gasteiger partial charge in [-0.05, 0) is 31.2 Å². The van der Waals surface area contributed by atoms with Crippen LogP contribution in [-0.4, -0.2) is 17.9 Å². The topological polar surface area (TPSA) is 92.3 Å². The van der Waals surface area contributed by atoms with Crippen LogP contribution in [0.2, 0.25) is 0 Å². The van der Waals surface area contributed by atoms with Crippen LogP contribution >= 0.6 is 0 Å². The Morgan fingerprint density at radius 3 is 2.83 bits per heavy atom. The molecule has 0 unspecified atom stereocenters. The maximum Gasteiger partial charge on any atom is 0.328 e. The largest absolute Gasteiger partial charge is 0.459 e. The highest BCUT2D eigenvalue weighted by atomic mass is 19.1. The zero-order valence-corrected chi connectivity index (χ0v) is 12.2. The number of nitrogens with one attached hydrogen (secondary N) is 1. The Labute approximate surface area is 131 Å². The summed E-state index contributed by atoms with van der Waals surface area (Å²) >= 11 is 0. The van der Waals surface area contributed by atoms with Crippen molar-refractivity contribution in [2.75, 3.05) is 0 Å². The van der Waals surface area contributed by atoms with E-state index in [0.717, 1.165) is 6.07 Å². The SMILES string of the molecule is C[C@@H](NC(=O)c1ccco1)C(=O)OCc1ccc(C#N)cc1F. The van der Waals surface area contributed by atoms with E-state index >= 15 is 0 Å². The molecule has 1 N–H and O–H groups in total. The minimum Gasteiger partial charge on any atom is -0.459 e. The summed E-state index contributed by atoms with van der Waals surface area (Å²) in [6.07, 6.45) is 1.34. The lowest BCUT2D eigenvalue weighted by Crippen LogP contribution is -2.39. The lowest BCUT2D eigenvalue weighted by Gasteiger charge is -2.13. The summed E-state index contributed by atoms with van der Waals surface area (Å²) in [6.45, 7) is 1.15. The quantitative estimate of drug-likeness (QED) is 0.853. The number of esters is 1. The van der Waals surface area contributed by atoms with E-state index in [4.69, 9.17) is 14.4 Å². The van der Waals surface area contributed by atoms with Crippen molar-refractivity contribution in [2.24, 2.45) is 0 Å². The number of hydrogen-bond acceptors (Lipinski definition) is 5. The molecule has 0 saturated heterocycles. The van der Waals surface area contributed by atoms with E-state index in [9.17, 15) is 14.0 Å². The zero-order chi connectivity index (χ0) is 16.8. The first-order valence-corrected chi connectivity index (χ1v) is 6.71. The number of halogens is 1. The van der Waals surface area contributed by atoms with Gasteiger partial charge in [0, 0.05) is 5.56 Å². The molecule has 1 aromatic heterocycles. The Bertz CT molecular complexity index is 750. The second kappa shape index (κ2) is 7.22. The van der Waals surface area contributed by atoms with Crippen LogP contribution in [0.5, 0.6) is 0 Å². The minimum absolute atomic E-state index is 0.0720. The van der Waals surface area contributed by atoms with Gasteiger partial charge in [0.15, 0.2) is 5.76 Å². The van der Waals surface area contributed by atoms with Crippen molar-refractivity contribution in [3.8, 4) is 6.07 Å². The summed E-state index contributed by atoms with van der Waals surface area (Å²) in [5.41, 5.74) is 0.318. The Hall–Kier alpha value is -3.14. The third-order valence-electron chi connectivity index (χ3n) is 3.00. The van der Waals surface area contributed by atoms with Crippen LogP contribution in [0.1, 0.15) is 28.6 Å². The number of carbonyl (C=O) groups excluding carboxylic acids is 2. The molecule has 0 aliphatic rings. The predicted molar refractivity (Wildman–Crippen MR) is 76.5 cm³/mol. The highest BCUT2D eigenvalue weighted by molar-refractivity contribution is 5.94. The van der Waals surface area contributed by atoms with E-state index in [1.807, 2.05) is 6.07 Å². The molecule has 2 rings (SSSR count). The predicted octanol–water partition coefficient (Wildman–Crippen LogP) is 2.15. The molecule has 1 amide bonds. The lowest BCUT2D eigenvalue weighted by atomic mass is 10.1. The van der Waals surface area contributed by atoms with Gasteiger partial charge < -0.3 is 14.5 Å². The van der Waals surface area contributed by atoms with E-state index in [1.54, 1.807) is 6.07 Å².